The average molecular weight is 480 g/mol. The first-order chi connectivity index (χ1) is 14.5. The van der Waals surface area contributed by atoms with Crippen molar-refractivity contribution < 1.29 is 14.0 Å². The minimum absolute atomic E-state index is 0.295. The number of rotatable bonds is 6. The lowest BCUT2D eigenvalue weighted by Crippen LogP contribution is -2.33. The number of hydrogen-bond donors (Lipinski definition) is 3. The van der Waals surface area contributed by atoms with Gasteiger partial charge in [0.15, 0.2) is 5.58 Å². The standard InChI is InChI=1S/C14H15BrN4O.C5H8O2.C2H7N/c15-13-11-5-10(6-16)20-12(11)7-18-14(13)19-9-3-1-8(17)2-4-9;6-4-2-1-3-5-7;1-3-2/h5,7-9H,1-4,17H2,(H,18,19);4-5H,1-3H2;3H,1-2H3. The Kier molecular flexibility index (Phi) is 12.6. The molecule has 0 bridgehead atoms. The van der Waals surface area contributed by atoms with Crippen LogP contribution in [0.3, 0.4) is 0 Å². The molecule has 0 aromatic carbocycles. The van der Waals surface area contributed by atoms with Gasteiger partial charge in [-0.3, -0.25) is 0 Å². The predicted molar refractivity (Wildman–Crippen MR) is 121 cm³/mol. The number of pyridine rings is 1. The van der Waals surface area contributed by atoms with Crippen LogP contribution in [0.4, 0.5) is 5.82 Å². The van der Waals surface area contributed by atoms with Crippen LogP contribution in [0.5, 0.6) is 0 Å². The summed E-state index contributed by atoms with van der Waals surface area (Å²) in [5.74, 6) is 1.09. The van der Waals surface area contributed by atoms with E-state index in [2.05, 4.69) is 31.5 Å². The number of nitriles is 1. The van der Waals surface area contributed by atoms with Crippen molar-refractivity contribution in [2.24, 2.45) is 5.73 Å². The number of fused-ring (bicyclic) bond motifs is 1. The zero-order valence-electron chi connectivity index (χ0n) is 17.5. The SMILES string of the molecule is CNC.N#Cc1cc2c(Br)c(NC3CCC(N)CC3)ncc2o1.O=CCCCC=O. The second kappa shape index (κ2) is 14.7. The second-order valence-electron chi connectivity index (χ2n) is 6.94. The van der Waals surface area contributed by atoms with Gasteiger partial charge in [0.05, 0.1) is 10.7 Å². The van der Waals surface area contributed by atoms with Gasteiger partial charge >= 0.3 is 0 Å². The number of halogens is 1. The molecular weight excluding hydrogens is 450 g/mol. The second-order valence-corrected chi connectivity index (χ2v) is 7.73. The molecule has 0 aliphatic heterocycles. The number of carbonyl (C=O) groups excluding carboxylic acids is 2. The summed E-state index contributed by atoms with van der Waals surface area (Å²) < 4.78 is 6.20. The summed E-state index contributed by atoms with van der Waals surface area (Å²) in [6.07, 6.45) is 9.23. The Morgan fingerprint density at radius 2 is 1.87 bits per heavy atom. The summed E-state index contributed by atoms with van der Waals surface area (Å²) in [4.78, 5) is 23.5. The summed E-state index contributed by atoms with van der Waals surface area (Å²) >= 11 is 3.54. The zero-order chi connectivity index (χ0) is 22.4. The molecule has 4 N–H and O–H groups in total. The van der Waals surface area contributed by atoms with Crippen molar-refractivity contribution in [2.75, 3.05) is 19.4 Å². The fraction of sp³-hybridized carbons (Fsp3) is 0.524. The summed E-state index contributed by atoms with van der Waals surface area (Å²) in [5.41, 5.74) is 6.53. The Morgan fingerprint density at radius 1 is 1.27 bits per heavy atom. The molecule has 0 saturated heterocycles. The third-order valence-corrected chi connectivity index (χ3v) is 5.19. The molecular formula is C21H30BrN5O3. The fourth-order valence-corrected chi connectivity index (χ4v) is 3.40. The van der Waals surface area contributed by atoms with Gasteiger partial charge in [0.25, 0.3) is 0 Å². The minimum atomic E-state index is 0.295. The molecule has 2 aromatic rings. The van der Waals surface area contributed by atoms with E-state index in [-0.39, 0.29) is 0 Å². The number of hydrogen-bond acceptors (Lipinski definition) is 8. The molecule has 1 saturated carbocycles. The molecule has 0 radical (unpaired) electrons. The molecule has 8 nitrogen and oxygen atoms in total. The number of nitrogens with zero attached hydrogens (tertiary/aromatic N) is 2. The molecule has 1 aliphatic carbocycles. The Bertz CT molecular complexity index is 818. The maximum Gasteiger partial charge on any atom is 0.204 e. The van der Waals surface area contributed by atoms with E-state index in [1.54, 1.807) is 12.3 Å². The number of unbranched alkanes of at least 4 members (excludes halogenated alkanes) is 2. The van der Waals surface area contributed by atoms with Crippen molar-refractivity contribution >= 4 is 45.3 Å². The normalized spacial score (nSPS) is 17.6. The van der Waals surface area contributed by atoms with Crippen LogP contribution in [0.15, 0.2) is 21.2 Å². The summed E-state index contributed by atoms with van der Waals surface area (Å²) in [7, 11) is 3.75. The van der Waals surface area contributed by atoms with Gasteiger partial charge in [0.1, 0.15) is 24.5 Å². The van der Waals surface area contributed by atoms with Crippen LogP contribution in [0.25, 0.3) is 11.0 Å². The van der Waals surface area contributed by atoms with E-state index in [1.807, 2.05) is 20.2 Å². The number of anilines is 1. The Hall–Kier alpha value is -2.28. The van der Waals surface area contributed by atoms with Gasteiger partial charge < -0.3 is 30.4 Å². The predicted octanol–water partition coefficient (Wildman–Crippen LogP) is 3.53. The largest absolute Gasteiger partial charge is 0.444 e. The van der Waals surface area contributed by atoms with Crippen LogP contribution in [0.2, 0.25) is 0 Å². The van der Waals surface area contributed by atoms with Crippen molar-refractivity contribution in [3.8, 4) is 6.07 Å². The van der Waals surface area contributed by atoms with Crippen LogP contribution in [-0.2, 0) is 9.59 Å². The quantitative estimate of drug-likeness (QED) is 0.422. The highest BCUT2D eigenvalue weighted by Gasteiger charge is 2.20. The zero-order valence-corrected chi connectivity index (χ0v) is 19.1. The molecule has 0 spiro atoms. The van der Waals surface area contributed by atoms with E-state index >= 15 is 0 Å². The van der Waals surface area contributed by atoms with Crippen LogP contribution >= 0.6 is 15.9 Å². The van der Waals surface area contributed by atoms with Gasteiger partial charge in [-0.2, -0.15) is 5.26 Å². The lowest BCUT2D eigenvalue weighted by molar-refractivity contribution is -0.108. The first-order valence-corrected chi connectivity index (χ1v) is 10.8. The monoisotopic (exact) mass is 479 g/mol. The van der Waals surface area contributed by atoms with Gasteiger partial charge in [-0.25, -0.2) is 4.98 Å². The maximum absolute atomic E-state index is 9.56. The van der Waals surface area contributed by atoms with Crippen molar-refractivity contribution in [2.45, 2.75) is 57.0 Å². The van der Waals surface area contributed by atoms with Crippen molar-refractivity contribution in [1.29, 1.82) is 5.26 Å². The van der Waals surface area contributed by atoms with Gasteiger partial charge in [-0.1, -0.05) is 0 Å². The first kappa shape index (κ1) is 25.8. The molecule has 1 fully saturated rings. The molecule has 164 valence electrons. The van der Waals surface area contributed by atoms with Gasteiger partial charge in [-0.15, -0.1) is 0 Å². The number of nitrogens with one attached hydrogen (secondary N) is 2. The number of aldehydes is 2. The average Bonchev–Trinajstić information content (AvgIpc) is 3.18. The highest BCUT2D eigenvalue weighted by Crippen LogP contribution is 2.33. The number of nitrogens with two attached hydrogens (primary N) is 1. The lowest BCUT2D eigenvalue weighted by atomic mass is 9.92. The van der Waals surface area contributed by atoms with E-state index in [0.717, 1.165) is 53.9 Å². The van der Waals surface area contributed by atoms with Gasteiger partial charge in [0, 0.05) is 36.4 Å². The fourth-order valence-electron chi connectivity index (χ4n) is 2.88. The minimum Gasteiger partial charge on any atom is -0.444 e. The molecule has 3 rings (SSSR count). The Labute approximate surface area is 185 Å². The Morgan fingerprint density at radius 3 is 2.40 bits per heavy atom. The first-order valence-electron chi connectivity index (χ1n) is 9.96. The third-order valence-electron chi connectivity index (χ3n) is 4.38. The molecule has 2 aromatic heterocycles. The van der Waals surface area contributed by atoms with Crippen LogP contribution in [0, 0.1) is 11.3 Å². The van der Waals surface area contributed by atoms with E-state index in [0.29, 0.717) is 42.7 Å². The number of furan rings is 1. The topological polar surface area (TPSA) is 134 Å². The van der Waals surface area contributed by atoms with Crippen LogP contribution in [0.1, 0.15) is 50.7 Å². The van der Waals surface area contributed by atoms with E-state index < -0.39 is 0 Å². The van der Waals surface area contributed by atoms with Gasteiger partial charge in [0.2, 0.25) is 5.76 Å². The van der Waals surface area contributed by atoms with Crippen molar-refractivity contribution in [3.63, 3.8) is 0 Å². The van der Waals surface area contributed by atoms with E-state index in [1.165, 1.54) is 0 Å². The Balaban J connectivity index is 0.000000380. The van der Waals surface area contributed by atoms with E-state index in [9.17, 15) is 9.59 Å². The van der Waals surface area contributed by atoms with Crippen LogP contribution in [-0.4, -0.2) is 43.7 Å². The van der Waals surface area contributed by atoms with Crippen molar-refractivity contribution in [3.05, 3.63) is 22.5 Å². The molecule has 0 unspecified atom stereocenters. The summed E-state index contributed by atoms with van der Waals surface area (Å²) in [5, 5.41) is 15.9. The summed E-state index contributed by atoms with van der Waals surface area (Å²) in [6, 6.07) is 4.46. The molecule has 2 heterocycles. The maximum atomic E-state index is 9.56. The third kappa shape index (κ3) is 8.61. The summed E-state index contributed by atoms with van der Waals surface area (Å²) in [6.45, 7) is 0. The molecule has 0 atom stereocenters. The molecule has 9 heteroatoms. The molecule has 0 amide bonds. The molecule has 30 heavy (non-hydrogen) atoms. The number of carbonyl (C=O) groups is 2. The van der Waals surface area contributed by atoms with E-state index in [4.69, 9.17) is 15.4 Å². The smallest absolute Gasteiger partial charge is 0.204 e. The highest BCUT2D eigenvalue weighted by atomic mass is 79.9. The highest BCUT2D eigenvalue weighted by molar-refractivity contribution is 9.10. The molecule has 1 aliphatic rings. The van der Waals surface area contributed by atoms with Gasteiger partial charge in [-0.05, 0) is 62.1 Å². The lowest BCUT2D eigenvalue weighted by Gasteiger charge is -2.27. The number of aromatic nitrogens is 1. The van der Waals surface area contributed by atoms with Crippen molar-refractivity contribution in [1.82, 2.24) is 10.3 Å². The van der Waals surface area contributed by atoms with Crippen LogP contribution < -0.4 is 16.4 Å².